The van der Waals surface area contributed by atoms with Crippen LogP contribution in [0.1, 0.15) is 44.3 Å². The first-order valence-corrected chi connectivity index (χ1v) is 5.39. The predicted octanol–water partition coefficient (Wildman–Crippen LogP) is 2.62. The topological polar surface area (TPSA) is 33.6 Å². The van der Waals surface area contributed by atoms with Crippen molar-refractivity contribution in [3.63, 3.8) is 0 Å². The Morgan fingerprint density at radius 1 is 1.62 bits per heavy atom. The monoisotopic (exact) mass is 197 g/mol. The molecule has 1 heterocycles. The van der Waals surface area contributed by atoms with Crippen LogP contribution in [0.4, 0.5) is 0 Å². The zero-order valence-corrected chi connectivity index (χ0v) is 8.73. The molecule has 4 heteroatoms. The van der Waals surface area contributed by atoms with Crippen LogP contribution < -0.4 is 0 Å². The van der Waals surface area contributed by atoms with Crippen LogP contribution in [0.5, 0.6) is 0 Å². The summed E-state index contributed by atoms with van der Waals surface area (Å²) >= 11 is 5.17. The normalized spacial score (nSPS) is 17.3. The lowest BCUT2D eigenvalue weighted by Crippen LogP contribution is -2.15. The fourth-order valence-corrected chi connectivity index (χ4v) is 1.98. The zero-order valence-electron chi connectivity index (χ0n) is 7.92. The maximum absolute atomic E-state index is 5.17. The van der Waals surface area contributed by atoms with Gasteiger partial charge >= 0.3 is 0 Å². The van der Waals surface area contributed by atoms with E-state index in [0.717, 1.165) is 17.7 Å². The lowest BCUT2D eigenvalue weighted by Gasteiger charge is -2.24. The Morgan fingerprint density at radius 3 is 2.92 bits per heavy atom. The van der Waals surface area contributed by atoms with Gasteiger partial charge in [-0.3, -0.25) is 5.10 Å². The summed E-state index contributed by atoms with van der Waals surface area (Å²) in [4.78, 5) is 0. The van der Waals surface area contributed by atoms with Crippen LogP contribution in [-0.2, 0) is 6.54 Å². The highest BCUT2D eigenvalue weighted by Gasteiger charge is 2.24. The van der Waals surface area contributed by atoms with Crippen molar-refractivity contribution < 1.29 is 0 Å². The molecule has 0 saturated heterocycles. The van der Waals surface area contributed by atoms with Gasteiger partial charge in [-0.25, -0.2) is 0 Å². The Balaban J connectivity index is 2.27. The third-order valence-electron chi connectivity index (χ3n) is 2.71. The fourth-order valence-electron chi connectivity index (χ4n) is 1.75. The first-order valence-electron chi connectivity index (χ1n) is 4.98. The molecule has 1 aliphatic carbocycles. The molecule has 1 aromatic rings. The number of H-pyrrole nitrogens is 1. The predicted molar refractivity (Wildman–Crippen MR) is 54.3 cm³/mol. The van der Waals surface area contributed by atoms with Gasteiger partial charge in [0.1, 0.15) is 5.82 Å². The summed E-state index contributed by atoms with van der Waals surface area (Å²) in [5.41, 5.74) is 0. The molecule has 0 radical (unpaired) electrons. The van der Waals surface area contributed by atoms with Crippen molar-refractivity contribution in [1.82, 2.24) is 14.8 Å². The van der Waals surface area contributed by atoms with Crippen LogP contribution in [0.3, 0.4) is 0 Å². The molecule has 13 heavy (non-hydrogen) atoms. The number of aromatic amines is 1. The van der Waals surface area contributed by atoms with Crippen molar-refractivity contribution in [3.05, 3.63) is 10.6 Å². The molecule has 0 spiro atoms. The molecule has 3 nitrogen and oxygen atoms in total. The van der Waals surface area contributed by atoms with Crippen molar-refractivity contribution >= 4 is 12.2 Å². The molecule has 1 N–H and O–H groups in total. The van der Waals surface area contributed by atoms with Gasteiger partial charge in [0.25, 0.3) is 0 Å². The second-order valence-electron chi connectivity index (χ2n) is 3.67. The Bertz CT molecular complexity index is 335. The van der Waals surface area contributed by atoms with Gasteiger partial charge in [0.15, 0.2) is 4.77 Å². The second kappa shape index (κ2) is 3.62. The van der Waals surface area contributed by atoms with E-state index in [1.165, 1.54) is 25.1 Å². The van der Waals surface area contributed by atoms with E-state index in [-0.39, 0.29) is 0 Å². The number of nitrogens with one attached hydrogen (secondary N) is 1. The maximum atomic E-state index is 5.17. The van der Waals surface area contributed by atoms with Crippen LogP contribution >= 0.6 is 12.2 Å². The molecule has 0 atom stereocenters. The van der Waals surface area contributed by atoms with E-state index in [1.807, 2.05) is 0 Å². The Labute approximate surface area is 83.2 Å². The highest BCUT2D eigenvalue weighted by Crippen LogP contribution is 2.35. The molecule has 1 aliphatic rings. The van der Waals surface area contributed by atoms with Crippen molar-refractivity contribution in [2.75, 3.05) is 0 Å². The Hall–Kier alpha value is -0.640. The largest absolute Gasteiger partial charge is 0.304 e. The Kier molecular flexibility index (Phi) is 2.49. The highest BCUT2D eigenvalue weighted by molar-refractivity contribution is 7.71. The minimum absolute atomic E-state index is 0.666. The van der Waals surface area contributed by atoms with Gasteiger partial charge < -0.3 is 4.57 Å². The van der Waals surface area contributed by atoms with Crippen LogP contribution in [0.15, 0.2) is 0 Å². The van der Waals surface area contributed by atoms with Gasteiger partial charge in [0, 0.05) is 12.5 Å². The molecule has 1 saturated carbocycles. The summed E-state index contributed by atoms with van der Waals surface area (Å²) in [7, 11) is 0. The van der Waals surface area contributed by atoms with E-state index in [0.29, 0.717) is 5.92 Å². The number of hydrogen-bond donors (Lipinski definition) is 1. The lowest BCUT2D eigenvalue weighted by molar-refractivity contribution is 0.385. The minimum atomic E-state index is 0.666. The smallest absolute Gasteiger partial charge is 0.195 e. The summed E-state index contributed by atoms with van der Waals surface area (Å²) in [5, 5.41) is 7.19. The zero-order chi connectivity index (χ0) is 9.26. The van der Waals surface area contributed by atoms with E-state index in [2.05, 4.69) is 21.7 Å². The molecule has 0 amide bonds. The van der Waals surface area contributed by atoms with Crippen LogP contribution in [0.25, 0.3) is 0 Å². The molecule has 2 rings (SSSR count). The summed E-state index contributed by atoms with van der Waals surface area (Å²) in [6.45, 7) is 3.17. The first-order chi connectivity index (χ1) is 6.33. The molecule has 0 unspecified atom stereocenters. The number of rotatable bonds is 3. The molecule has 1 fully saturated rings. The fraction of sp³-hybridized carbons (Fsp3) is 0.778. The number of aromatic nitrogens is 3. The van der Waals surface area contributed by atoms with Crippen LogP contribution in [0, 0.1) is 4.77 Å². The van der Waals surface area contributed by atoms with Crippen molar-refractivity contribution in [2.24, 2.45) is 0 Å². The number of nitrogens with zero attached hydrogens (tertiary/aromatic N) is 2. The van der Waals surface area contributed by atoms with Gasteiger partial charge in [-0.05, 0) is 31.5 Å². The lowest BCUT2D eigenvalue weighted by atomic mass is 9.85. The molecule has 72 valence electrons. The molecule has 0 aromatic carbocycles. The van der Waals surface area contributed by atoms with E-state index < -0.39 is 0 Å². The third-order valence-corrected chi connectivity index (χ3v) is 3.02. The summed E-state index contributed by atoms with van der Waals surface area (Å²) < 4.78 is 2.93. The summed E-state index contributed by atoms with van der Waals surface area (Å²) in [6, 6.07) is 0. The van der Waals surface area contributed by atoms with E-state index in [9.17, 15) is 0 Å². The summed E-state index contributed by atoms with van der Waals surface area (Å²) in [6.07, 6.45) is 5.02. The highest BCUT2D eigenvalue weighted by atomic mass is 32.1. The van der Waals surface area contributed by atoms with E-state index in [4.69, 9.17) is 12.2 Å². The average Bonchev–Trinajstić information content (AvgIpc) is 2.33. The van der Waals surface area contributed by atoms with Crippen molar-refractivity contribution in [1.29, 1.82) is 0 Å². The molecular formula is C9H15N3S. The van der Waals surface area contributed by atoms with E-state index in [1.54, 1.807) is 0 Å². The van der Waals surface area contributed by atoms with Crippen molar-refractivity contribution in [3.8, 4) is 0 Å². The maximum Gasteiger partial charge on any atom is 0.195 e. The van der Waals surface area contributed by atoms with Gasteiger partial charge in [-0.1, -0.05) is 13.3 Å². The van der Waals surface area contributed by atoms with Crippen molar-refractivity contribution in [2.45, 2.75) is 45.1 Å². The van der Waals surface area contributed by atoms with E-state index >= 15 is 0 Å². The van der Waals surface area contributed by atoms with Gasteiger partial charge in [-0.15, -0.1) is 0 Å². The molecule has 0 aliphatic heterocycles. The molecular weight excluding hydrogens is 182 g/mol. The van der Waals surface area contributed by atoms with Gasteiger partial charge in [-0.2, -0.15) is 5.10 Å². The van der Waals surface area contributed by atoms with Crippen LogP contribution in [-0.4, -0.2) is 14.8 Å². The number of hydrogen-bond acceptors (Lipinski definition) is 2. The molecule has 0 bridgehead atoms. The van der Waals surface area contributed by atoms with Gasteiger partial charge in [0.2, 0.25) is 0 Å². The van der Waals surface area contributed by atoms with Gasteiger partial charge in [0.05, 0.1) is 0 Å². The third kappa shape index (κ3) is 1.55. The SMILES string of the molecule is CCCn1c(C2CCC2)n[nH]c1=S. The van der Waals surface area contributed by atoms with Crippen LogP contribution in [0.2, 0.25) is 0 Å². The standard InChI is InChI=1S/C9H15N3S/c1-2-6-12-8(7-4-3-5-7)10-11-9(12)13/h7H,2-6H2,1H3,(H,11,13). The quantitative estimate of drug-likeness (QED) is 0.756. The average molecular weight is 197 g/mol. The molecule has 1 aromatic heterocycles. The summed E-state index contributed by atoms with van der Waals surface area (Å²) in [5.74, 6) is 1.84. The minimum Gasteiger partial charge on any atom is -0.304 e. The first kappa shape index (κ1) is 8.94. The second-order valence-corrected chi connectivity index (χ2v) is 4.05. The Morgan fingerprint density at radius 2 is 2.38 bits per heavy atom.